The molecule has 1 heterocycles. The van der Waals surface area contributed by atoms with Crippen molar-refractivity contribution in [3.63, 3.8) is 0 Å². The Kier molecular flexibility index (Phi) is 10.5. The van der Waals surface area contributed by atoms with Crippen LogP contribution in [-0.4, -0.2) is 34.5 Å². The number of epoxide rings is 1. The number of allylic oxidation sites excluding steroid dienone is 8. The van der Waals surface area contributed by atoms with E-state index in [-0.39, 0.29) is 12.2 Å². The molecule has 1 aliphatic heterocycles. The van der Waals surface area contributed by atoms with Crippen LogP contribution in [0.1, 0.15) is 39.0 Å². The van der Waals surface area contributed by atoms with Gasteiger partial charge in [-0.1, -0.05) is 80.9 Å². The van der Waals surface area contributed by atoms with E-state index >= 15 is 0 Å². The van der Waals surface area contributed by atoms with Crippen LogP contribution in [0.25, 0.3) is 0 Å². The summed E-state index contributed by atoms with van der Waals surface area (Å²) >= 11 is 0. The minimum Gasteiger partial charge on any atom is -0.478 e. The van der Waals surface area contributed by atoms with Crippen LogP contribution < -0.4 is 0 Å². The highest BCUT2D eigenvalue weighted by Gasteiger charge is 2.42. The summed E-state index contributed by atoms with van der Waals surface area (Å²) in [6.45, 7) is 2.18. The molecular formula is C20H28O4. The lowest BCUT2D eigenvalue weighted by molar-refractivity contribution is -0.131. The highest BCUT2D eigenvalue weighted by Crippen LogP contribution is 2.31. The van der Waals surface area contributed by atoms with E-state index in [1.165, 1.54) is 25.3 Å². The summed E-state index contributed by atoms with van der Waals surface area (Å²) in [7, 11) is 0. The third kappa shape index (κ3) is 9.98. The summed E-state index contributed by atoms with van der Waals surface area (Å²) in [5.74, 6) is -0.959. The van der Waals surface area contributed by atoms with E-state index in [9.17, 15) is 9.90 Å². The number of hydrogen-bond acceptors (Lipinski definition) is 3. The number of carboxylic acid groups (broad SMARTS) is 1. The van der Waals surface area contributed by atoms with Crippen molar-refractivity contribution in [3.05, 3.63) is 60.8 Å². The zero-order chi connectivity index (χ0) is 17.6. The number of carbonyl (C=O) groups is 1. The fourth-order valence-corrected chi connectivity index (χ4v) is 2.28. The Labute approximate surface area is 144 Å². The maximum atomic E-state index is 10.2. The van der Waals surface area contributed by atoms with E-state index in [1.807, 2.05) is 36.5 Å². The van der Waals surface area contributed by atoms with Gasteiger partial charge < -0.3 is 14.9 Å². The minimum absolute atomic E-state index is 0.0133. The SMILES string of the molecule is CCCCCC1OC1C(O)CC=CC=CC=CC=CC=CC(=O)O. The molecule has 0 aromatic carbocycles. The van der Waals surface area contributed by atoms with E-state index < -0.39 is 12.1 Å². The van der Waals surface area contributed by atoms with Crippen molar-refractivity contribution in [1.29, 1.82) is 0 Å². The van der Waals surface area contributed by atoms with E-state index in [0.717, 1.165) is 12.5 Å². The molecule has 3 unspecified atom stereocenters. The first-order chi connectivity index (χ1) is 11.6. The second-order valence-electron chi connectivity index (χ2n) is 5.72. The summed E-state index contributed by atoms with van der Waals surface area (Å²) in [5.41, 5.74) is 0. The van der Waals surface area contributed by atoms with Gasteiger partial charge in [-0.25, -0.2) is 4.79 Å². The summed E-state index contributed by atoms with van der Waals surface area (Å²) in [4.78, 5) is 10.2. The number of rotatable bonds is 12. The summed E-state index contributed by atoms with van der Waals surface area (Å²) in [6, 6.07) is 0. The first-order valence-corrected chi connectivity index (χ1v) is 8.54. The summed E-state index contributed by atoms with van der Waals surface area (Å²) in [5, 5.41) is 18.4. The molecular weight excluding hydrogens is 304 g/mol. The van der Waals surface area contributed by atoms with Gasteiger partial charge in [0.05, 0.1) is 12.2 Å². The Balaban J connectivity index is 2.11. The first kappa shape index (κ1) is 20.1. The molecule has 1 aliphatic rings. The van der Waals surface area contributed by atoms with Crippen LogP contribution in [0.3, 0.4) is 0 Å². The van der Waals surface area contributed by atoms with Crippen molar-refractivity contribution in [2.45, 2.75) is 57.3 Å². The smallest absolute Gasteiger partial charge is 0.328 e. The lowest BCUT2D eigenvalue weighted by Gasteiger charge is -2.02. The standard InChI is InChI=1S/C20H28O4/c1-2-3-11-15-18-20(24-18)17(21)14-12-9-7-5-4-6-8-10-13-16-19(22)23/h4-10,12-13,16-18,20-21H,2-3,11,14-15H2,1H3,(H,22,23). The van der Waals surface area contributed by atoms with E-state index in [2.05, 4.69) is 6.92 Å². The van der Waals surface area contributed by atoms with Crippen molar-refractivity contribution < 1.29 is 19.7 Å². The Morgan fingerprint density at radius 1 is 1.04 bits per heavy atom. The van der Waals surface area contributed by atoms with Crippen molar-refractivity contribution in [2.75, 3.05) is 0 Å². The van der Waals surface area contributed by atoms with Crippen molar-refractivity contribution >= 4 is 5.97 Å². The molecule has 0 aromatic heterocycles. The highest BCUT2D eigenvalue weighted by molar-refractivity contribution is 5.80. The van der Waals surface area contributed by atoms with Gasteiger partial charge in [-0.15, -0.1) is 0 Å². The van der Waals surface area contributed by atoms with Crippen molar-refractivity contribution in [2.24, 2.45) is 0 Å². The van der Waals surface area contributed by atoms with Gasteiger partial charge in [0.15, 0.2) is 0 Å². The molecule has 4 heteroatoms. The first-order valence-electron chi connectivity index (χ1n) is 8.54. The van der Waals surface area contributed by atoms with Crippen LogP contribution in [0.4, 0.5) is 0 Å². The minimum atomic E-state index is -0.959. The van der Waals surface area contributed by atoms with E-state index in [1.54, 1.807) is 12.2 Å². The van der Waals surface area contributed by atoms with Gasteiger partial charge in [-0.3, -0.25) is 0 Å². The summed E-state index contributed by atoms with van der Waals surface area (Å²) < 4.78 is 5.52. The van der Waals surface area contributed by atoms with Gasteiger partial charge in [0.25, 0.3) is 0 Å². The fourth-order valence-electron chi connectivity index (χ4n) is 2.28. The van der Waals surface area contributed by atoms with Crippen LogP contribution in [0.15, 0.2) is 60.8 Å². The van der Waals surface area contributed by atoms with E-state index in [0.29, 0.717) is 6.42 Å². The zero-order valence-electron chi connectivity index (χ0n) is 14.3. The second kappa shape index (κ2) is 12.5. The number of carboxylic acids is 1. The average Bonchev–Trinajstić information content (AvgIpc) is 3.32. The third-order valence-electron chi connectivity index (χ3n) is 3.62. The van der Waals surface area contributed by atoms with Gasteiger partial charge in [-0.05, 0) is 12.8 Å². The topological polar surface area (TPSA) is 70.1 Å². The monoisotopic (exact) mass is 332 g/mol. The molecule has 0 saturated carbocycles. The Morgan fingerprint density at radius 2 is 1.67 bits per heavy atom. The average molecular weight is 332 g/mol. The molecule has 0 aromatic rings. The fraction of sp³-hybridized carbons (Fsp3) is 0.450. The van der Waals surface area contributed by atoms with Gasteiger partial charge in [-0.2, -0.15) is 0 Å². The molecule has 4 nitrogen and oxygen atoms in total. The molecule has 1 rings (SSSR count). The van der Waals surface area contributed by atoms with E-state index in [4.69, 9.17) is 9.84 Å². The quantitative estimate of drug-likeness (QED) is 0.246. The Morgan fingerprint density at radius 3 is 2.29 bits per heavy atom. The number of hydrogen-bond donors (Lipinski definition) is 2. The number of aliphatic hydroxyl groups excluding tert-OH is 1. The molecule has 1 saturated heterocycles. The lowest BCUT2D eigenvalue weighted by Crippen LogP contribution is -2.15. The molecule has 3 atom stereocenters. The van der Waals surface area contributed by atoms with Crippen LogP contribution in [0, 0.1) is 0 Å². The van der Waals surface area contributed by atoms with Gasteiger partial charge in [0.1, 0.15) is 6.10 Å². The van der Waals surface area contributed by atoms with Crippen LogP contribution >= 0.6 is 0 Å². The van der Waals surface area contributed by atoms with Crippen molar-refractivity contribution in [1.82, 2.24) is 0 Å². The Bertz CT molecular complexity index is 500. The predicted molar refractivity (Wildman–Crippen MR) is 96.8 cm³/mol. The molecule has 24 heavy (non-hydrogen) atoms. The maximum absolute atomic E-state index is 10.2. The molecule has 0 aliphatic carbocycles. The maximum Gasteiger partial charge on any atom is 0.328 e. The molecule has 0 amide bonds. The predicted octanol–water partition coefficient (Wildman–Crippen LogP) is 3.95. The third-order valence-corrected chi connectivity index (χ3v) is 3.62. The van der Waals surface area contributed by atoms with Gasteiger partial charge in [0, 0.05) is 6.08 Å². The molecule has 132 valence electrons. The number of ether oxygens (including phenoxy) is 1. The van der Waals surface area contributed by atoms with Crippen LogP contribution in [0.5, 0.6) is 0 Å². The molecule has 0 radical (unpaired) electrons. The zero-order valence-corrected chi connectivity index (χ0v) is 14.3. The van der Waals surface area contributed by atoms with Crippen molar-refractivity contribution in [3.8, 4) is 0 Å². The van der Waals surface area contributed by atoms with Crippen LogP contribution in [-0.2, 0) is 9.53 Å². The highest BCUT2D eigenvalue weighted by atomic mass is 16.6. The largest absolute Gasteiger partial charge is 0.478 e. The number of aliphatic carboxylic acids is 1. The van der Waals surface area contributed by atoms with Gasteiger partial charge in [0.2, 0.25) is 0 Å². The summed E-state index contributed by atoms with van der Waals surface area (Å²) in [6.07, 6.45) is 22.3. The number of unbranched alkanes of at least 4 members (excludes halogenated alkanes) is 2. The molecule has 2 N–H and O–H groups in total. The normalized spacial score (nSPS) is 22.6. The lowest BCUT2D eigenvalue weighted by atomic mass is 10.1. The van der Waals surface area contributed by atoms with Gasteiger partial charge >= 0.3 is 5.97 Å². The molecule has 0 bridgehead atoms. The Hall–Kier alpha value is -1.91. The molecule has 1 fully saturated rings. The second-order valence-corrected chi connectivity index (χ2v) is 5.72. The molecule has 0 spiro atoms. The van der Waals surface area contributed by atoms with Crippen LogP contribution in [0.2, 0.25) is 0 Å². The number of aliphatic hydroxyl groups is 1.